The predicted octanol–water partition coefficient (Wildman–Crippen LogP) is 2.00. The molecule has 0 rings (SSSR count). The maximum absolute atomic E-state index is 11.1. The van der Waals surface area contributed by atoms with Gasteiger partial charge in [-0.3, -0.25) is 4.79 Å². The van der Waals surface area contributed by atoms with Crippen LogP contribution in [0.2, 0.25) is 0 Å². The van der Waals surface area contributed by atoms with Crippen LogP contribution in [-0.2, 0) is 14.3 Å². The second kappa shape index (κ2) is 6.89. The Labute approximate surface area is 80.4 Å². The van der Waals surface area contributed by atoms with Gasteiger partial charge in [0, 0.05) is 6.61 Å². The van der Waals surface area contributed by atoms with Crippen LogP contribution in [0.4, 0.5) is 0 Å². The molecule has 78 valence electrons. The quantitative estimate of drug-likeness (QED) is 0.598. The minimum absolute atomic E-state index is 0.0568. The van der Waals surface area contributed by atoms with E-state index in [2.05, 4.69) is 0 Å². The van der Waals surface area contributed by atoms with E-state index in [1.165, 1.54) is 0 Å². The summed E-state index contributed by atoms with van der Waals surface area (Å²) in [7, 11) is 0. The first-order chi connectivity index (χ1) is 6.07. The Bertz CT molecular complexity index is 143. The molecule has 0 heterocycles. The molecule has 0 bridgehead atoms. The molecule has 0 aliphatic rings. The van der Waals surface area contributed by atoms with E-state index in [0.717, 1.165) is 6.42 Å². The van der Waals surface area contributed by atoms with Crippen molar-refractivity contribution < 1.29 is 14.3 Å². The maximum Gasteiger partial charge on any atom is 0.308 e. The van der Waals surface area contributed by atoms with Crippen LogP contribution in [-0.4, -0.2) is 25.3 Å². The summed E-state index contributed by atoms with van der Waals surface area (Å²) in [6.07, 6.45) is 0.964. The zero-order valence-electron chi connectivity index (χ0n) is 9.00. The average molecular weight is 188 g/mol. The van der Waals surface area contributed by atoms with E-state index in [1.807, 2.05) is 27.7 Å². The molecular weight excluding hydrogens is 168 g/mol. The van der Waals surface area contributed by atoms with Crippen molar-refractivity contribution in [3.05, 3.63) is 0 Å². The van der Waals surface area contributed by atoms with E-state index >= 15 is 0 Å². The molecule has 0 saturated heterocycles. The number of hydrogen-bond donors (Lipinski definition) is 0. The fraction of sp³-hybridized carbons (Fsp3) is 0.900. The van der Waals surface area contributed by atoms with Gasteiger partial charge >= 0.3 is 5.97 Å². The van der Waals surface area contributed by atoms with Crippen LogP contribution >= 0.6 is 0 Å². The zero-order valence-corrected chi connectivity index (χ0v) is 9.00. The van der Waals surface area contributed by atoms with Crippen LogP contribution in [0.25, 0.3) is 0 Å². The number of hydrogen-bond acceptors (Lipinski definition) is 3. The zero-order chi connectivity index (χ0) is 10.3. The van der Waals surface area contributed by atoms with Gasteiger partial charge in [0.1, 0.15) is 0 Å². The normalized spacial score (nSPS) is 13.0. The Morgan fingerprint density at radius 2 is 1.92 bits per heavy atom. The lowest BCUT2D eigenvalue weighted by molar-refractivity contribution is -0.148. The Morgan fingerprint density at radius 1 is 1.31 bits per heavy atom. The second-order valence-electron chi connectivity index (χ2n) is 3.36. The van der Waals surface area contributed by atoms with E-state index in [4.69, 9.17) is 9.47 Å². The fourth-order valence-corrected chi connectivity index (χ4v) is 0.883. The average Bonchev–Trinajstić information content (AvgIpc) is 2.04. The van der Waals surface area contributed by atoms with Gasteiger partial charge in [0.2, 0.25) is 0 Å². The third-order valence-corrected chi connectivity index (χ3v) is 1.69. The summed E-state index contributed by atoms with van der Waals surface area (Å²) in [4.78, 5) is 11.1. The first-order valence-corrected chi connectivity index (χ1v) is 4.86. The molecule has 3 heteroatoms. The molecule has 0 amide bonds. The molecule has 0 fully saturated rings. The molecule has 13 heavy (non-hydrogen) atoms. The third kappa shape index (κ3) is 6.58. The van der Waals surface area contributed by atoms with Crippen molar-refractivity contribution in [2.24, 2.45) is 5.92 Å². The molecule has 0 aromatic carbocycles. The Morgan fingerprint density at radius 3 is 2.38 bits per heavy atom. The summed E-state index contributed by atoms with van der Waals surface area (Å²) >= 11 is 0. The van der Waals surface area contributed by atoms with Crippen LogP contribution in [0.3, 0.4) is 0 Å². The molecule has 0 aromatic heterocycles. The molecule has 0 unspecified atom stereocenters. The molecule has 0 aliphatic heterocycles. The monoisotopic (exact) mass is 188 g/mol. The summed E-state index contributed by atoms with van der Waals surface area (Å²) in [5.41, 5.74) is 0. The molecule has 1 atom stereocenters. The summed E-state index contributed by atoms with van der Waals surface area (Å²) in [6, 6.07) is 0. The molecule has 0 radical (unpaired) electrons. The standard InChI is InChI=1S/C10H20O3/c1-5-12-10(11)9(4)6-7-13-8(2)3/h8-9H,5-7H2,1-4H3/t9-/m1/s1. The van der Waals surface area contributed by atoms with Crippen molar-refractivity contribution in [1.82, 2.24) is 0 Å². The molecule has 0 aliphatic carbocycles. The van der Waals surface area contributed by atoms with Gasteiger partial charge in [0.15, 0.2) is 0 Å². The minimum Gasteiger partial charge on any atom is -0.466 e. The van der Waals surface area contributed by atoms with Crippen LogP contribution in [0.1, 0.15) is 34.1 Å². The summed E-state index contributed by atoms with van der Waals surface area (Å²) in [5.74, 6) is -0.187. The van der Waals surface area contributed by atoms with E-state index in [-0.39, 0.29) is 18.0 Å². The highest BCUT2D eigenvalue weighted by Crippen LogP contribution is 2.05. The van der Waals surface area contributed by atoms with E-state index in [1.54, 1.807) is 0 Å². The number of rotatable bonds is 6. The number of carbonyl (C=O) groups is 1. The van der Waals surface area contributed by atoms with Gasteiger partial charge in [0.05, 0.1) is 18.6 Å². The summed E-state index contributed by atoms with van der Waals surface area (Å²) < 4.78 is 10.2. The molecule has 0 saturated carbocycles. The van der Waals surface area contributed by atoms with Crippen molar-refractivity contribution in [1.29, 1.82) is 0 Å². The van der Waals surface area contributed by atoms with E-state index < -0.39 is 0 Å². The third-order valence-electron chi connectivity index (χ3n) is 1.69. The molecule has 0 aromatic rings. The van der Waals surface area contributed by atoms with Gasteiger partial charge in [0.25, 0.3) is 0 Å². The van der Waals surface area contributed by atoms with E-state index in [0.29, 0.717) is 13.2 Å². The van der Waals surface area contributed by atoms with Gasteiger partial charge in [-0.15, -0.1) is 0 Å². The Kier molecular flexibility index (Phi) is 6.59. The highest BCUT2D eigenvalue weighted by molar-refractivity contribution is 5.71. The molecule has 3 nitrogen and oxygen atoms in total. The smallest absolute Gasteiger partial charge is 0.308 e. The topological polar surface area (TPSA) is 35.5 Å². The van der Waals surface area contributed by atoms with E-state index in [9.17, 15) is 4.79 Å². The highest BCUT2D eigenvalue weighted by atomic mass is 16.5. The van der Waals surface area contributed by atoms with Crippen molar-refractivity contribution in [2.45, 2.75) is 40.2 Å². The summed E-state index contributed by atoms with van der Waals surface area (Å²) in [5, 5.41) is 0. The lowest BCUT2D eigenvalue weighted by atomic mass is 10.1. The minimum atomic E-state index is -0.130. The lowest BCUT2D eigenvalue weighted by Gasteiger charge is -2.11. The fourth-order valence-electron chi connectivity index (χ4n) is 0.883. The first kappa shape index (κ1) is 12.4. The Hall–Kier alpha value is -0.570. The number of esters is 1. The van der Waals surface area contributed by atoms with Crippen molar-refractivity contribution in [2.75, 3.05) is 13.2 Å². The van der Waals surface area contributed by atoms with Crippen LogP contribution < -0.4 is 0 Å². The highest BCUT2D eigenvalue weighted by Gasteiger charge is 2.13. The molecule has 0 spiro atoms. The van der Waals surface area contributed by atoms with Crippen LogP contribution in [0.5, 0.6) is 0 Å². The molecular formula is C10H20O3. The second-order valence-corrected chi connectivity index (χ2v) is 3.36. The predicted molar refractivity (Wildman–Crippen MR) is 51.5 cm³/mol. The van der Waals surface area contributed by atoms with Crippen molar-refractivity contribution in [3.8, 4) is 0 Å². The maximum atomic E-state index is 11.1. The number of carbonyl (C=O) groups excluding carboxylic acids is 1. The van der Waals surface area contributed by atoms with Crippen molar-refractivity contribution >= 4 is 5.97 Å². The van der Waals surface area contributed by atoms with Crippen molar-refractivity contribution in [3.63, 3.8) is 0 Å². The van der Waals surface area contributed by atoms with Gasteiger partial charge in [-0.2, -0.15) is 0 Å². The number of ether oxygens (including phenoxy) is 2. The van der Waals surface area contributed by atoms with Gasteiger partial charge in [-0.1, -0.05) is 6.92 Å². The molecule has 0 N–H and O–H groups in total. The first-order valence-electron chi connectivity index (χ1n) is 4.86. The Balaban J connectivity index is 3.49. The van der Waals surface area contributed by atoms with Crippen LogP contribution in [0.15, 0.2) is 0 Å². The van der Waals surface area contributed by atoms with Gasteiger partial charge in [-0.05, 0) is 27.2 Å². The summed E-state index contributed by atoms with van der Waals surface area (Å²) in [6.45, 7) is 8.72. The lowest BCUT2D eigenvalue weighted by Crippen LogP contribution is -2.17. The largest absolute Gasteiger partial charge is 0.466 e. The van der Waals surface area contributed by atoms with Gasteiger partial charge in [-0.25, -0.2) is 0 Å². The van der Waals surface area contributed by atoms with Crippen LogP contribution in [0, 0.1) is 5.92 Å². The van der Waals surface area contributed by atoms with Gasteiger partial charge < -0.3 is 9.47 Å². The SMILES string of the molecule is CCOC(=O)[C@H](C)CCOC(C)C.